The van der Waals surface area contributed by atoms with Gasteiger partial charge in [-0.2, -0.15) is 0 Å². The van der Waals surface area contributed by atoms with Gasteiger partial charge in [0.15, 0.2) is 5.78 Å². The Morgan fingerprint density at radius 3 is 2.08 bits per heavy atom. The molecule has 2 aromatic carbocycles. The number of carbonyl (C=O) groups is 2. The Labute approximate surface area is 153 Å². The summed E-state index contributed by atoms with van der Waals surface area (Å²) in [4.78, 5) is 33.9. The van der Waals surface area contributed by atoms with Crippen LogP contribution in [0.1, 0.15) is 39.3 Å². The van der Waals surface area contributed by atoms with Gasteiger partial charge in [-0.3, -0.25) is 14.9 Å². The summed E-state index contributed by atoms with van der Waals surface area (Å²) in [5.41, 5.74) is 0.782. The van der Waals surface area contributed by atoms with Gasteiger partial charge in [0.2, 0.25) is 6.10 Å². The highest BCUT2D eigenvalue weighted by Crippen LogP contribution is 2.40. The molecule has 0 amide bonds. The second-order valence-electron chi connectivity index (χ2n) is 5.17. The maximum Gasteiger partial charge on any atom is 0.411 e. The standard InChI is InChI=1S/C17H13Cl2NO5/c1-11(21)12-7-9-13(10-8-12)15(17(18,19)20(23)24)25-16(22)14-5-3-2-4-6-14/h2-10,15H,1H3. The van der Waals surface area contributed by atoms with Crippen molar-refractivity contribution in [3.8, 4) is 0 Å². The van der Waals surface area contributed by atoms with Gasteiger partial charge in [0, 0.05) is 11.1 Å². The smallest absolute Gasteiger partial charge is 0.411 e. The highest BCUT2D eigenvalue weighted by atomic mass is 35.5. The lowest BCUT2D eigenvalue weighted by atomic mass is 10.0. The number of alkyl halides is 2. The SMILES string of the molecule is CC(=O)c1ccc(C(OC(=O)c2ccccc2)C(Cl)(Cl)[N+](=O)[O-])cc1. The molecule has 2 rings (SSSR count). The summed E-state index contributed by atoms with van der Waals surface area (Å²) in [6, 6.07) is 13.6. The van der Waals surface area contributed by atoms with Gasteiger partial charge in [0.05, 0.1) is 10.5 Å². The molecule has 0 saturated heterocycles. The van der Waals surface area contributed by atoms with E-state index >= 15 is 0 Å². The monoisotopic (exact) mass is 381 g/mol. The molecule has 0 radical (unpaired) electrons. The van der Waals surface area contributed by atoms with Crippen LogP contribution in [0.5, 0.6) is 0 Å². The summed E-state index contributed by atoms with van der Waals surface area (Å²) in [5.74, 6) is -0.990. The zero-order chi connectivity index (χ0) is 18.6. The van der Waals surface area contributed by atoms with Crippen LogP contribution in [0.4, 0.5) is 0 Å². The molecule has 0 bridgehead atoms. The van der Waals surface area contributed by atoms with E-state index in [9.17, 15) is 19.7 Å². The van der Waals surface area contributed by atoms with Crippen molar-refractivity contribution in [2.45, 2.75) is 17.5 Å². The summed E-state index contributed by atoms with van der Waals surface area (Å²) < 4.78 is 2.62. The van der Waals surface area contributed by atoms with Crippen LogP contribution in [0.3, 0.4) is 0 Å². The maximum atomic E-state index is 12.3. The maximum absolute atomic E-state index is 12.3. The van der Waals surface area contributed by atoms with Gasteiger partial charge in [-0.1, -0.05) is 42.5 Å². The van der Waals surface area contributed by atoms with E-state index in [-0.39, 0.29) is 16.9 Å². The van der Waals surface area contributed by atoms with Crippen LogP contribution in [0.15, 0.2) is 54.6 Å². The molecule has 2 aromatic rings. The molecule has 0 saturated carbocycles. The van der Waals surface area contributed by atoms with E-state index in [1.54, 1.807) is 18.2 Å². The average molecular weight is 382 g/mol. The van der Waals surface area contributed by atoms with Crippen molar-refractivity contribution in [3.63, 3.8) is 0 Å². The number of hydrogen-bond acceptors (Lipinski definition) is 5. The minimum Gasteiger partial charge on any atom is -0.443 e. The second-order valence-corrected chi connectivity index (χ2v) is 6.52. The van der Waals surface area contributed by atoms with Crippen molar-refractivity contribution in [1.29, 1.82) is 0 Å². The molecule has 0 aliphatic heterocycles. The third-order valence-electron chi connectivity index (χ3n) is 3.41. The zero-order valence-corrected chi connectivity index (χ0v) is 14.5. The van der Waals surface area contributed by atoms with Gasteiger partial charge in [-0.05, 0) is 42.3 Å². The molecule has 1 unspecified atom stereocenters. The fourth-order valence-electron chi connectivity index (χ4n) is 2.08. The molecule has 0 spiro atoms. The Morgan fingerprint density at radius 1 is 1.04 bits per heavy atom. The molecular formula is C17H13Cl2NO5. The first-order valence-corrected chi connectivity index (χ1v) is 7.88. The molecule has 0 aliphatic rings. The van der Waals surface area contributed by atoms with Gasteiger partial charge in [0.25, 0.3) is 0 Å². The molecule has 0 fully saturated rings. The number of benzene rings is 2. The normalized spacial score (nSPS) is 12.3. The number of ketones is 1. The predicted molar refractivity (Wildman–Crippen MR) is 92.5 cm³/mol. The summed E-state index contributed by atoms with van der Waals surface area (Å²) >= 11 is 11.7. The number of rotatable bonds is 6. The largest absolute Gasteiger partial charge is 0.443 e. The van der Waals surface area contributed by atoms with Crippen molar-refractivity contribution in [2.24, 2.45) is 0 Å². The molecule has 0 N–H and O–H groups in total. The van der Waals surface area contributed by atoms with E-state index < -0.39 is 21.5 Å². The first-order chi connectivity index (χ1) is 11.7. The van der Waals surface area contributed by atoms with Gasteiger partial charge in [0.1, 0.15) is 0 Å². The molecule has 0 heterocycles. The van der Waals surface area contributed by atoms with Gasteiger partial charge >= 0.3 is 10.4 Å². The van der Waals surface area contributed by atoms with Gasteiger partial charge in [-0.15, -0.1) is 0 Å². The first-order valence-electron chi connectivity index (χ1n) is 7.12. The molecule has 0 aliphatic carbocycles. The highest BCUT2D eigenvalue weighted by Gasteiger charge is 2.51. The van der Waals surface area contributed by atoms with Crippen LogP contribution >= 0.6 is 23.2 Å². The third-order valence-corrected chi connectivity index (χ3v) is 4.09. The van der Waals surface area contributed by atoms with Crippen molar-refractivity contribution in [1.82, 2.24) is 0 Å². The summed E-state index contributed by atoms with van der Waals surface area (Å²) in [5, 5.41) is 11.2. The number of nitro groups is 1. The second kappa shape index (κ2) is 7.63. The number of halogens is 2. The summed E-state index contributed by atoms with van der Waals surface area (Å²) in [6.07, 6.45) is -1.57. The number of esters is 1. The Balaban J connectivity index is 2.38. The lowest BCUT2D eigenvalue weighted by Gasteiger charge is -2.23. The van der Waals surface area contributed by atoms with Crippen LogP contribution in [0, 0.1) is 10.1 Å². The number of Topliss-reactive ketones (excluding diaryl/α,β-unsaturated/α-hetero) is 1. The number of hydrogen-bond donors (Lipinski definition) is 0. The molecule has 25 heavy (non-hydrogen) atoms. The summed E-state index contributed by atoms with van der Waals surface area (Å²) in [6.45, 7) is 1.38. The number of carbonyl (C=O) groups excluding carboxylic acids is 2. The molecular weight excluding hydrogens is 369 g/mol. The third kappa shape index (κ3) is 4.35. The lowest BCUT2D eigenvalue weighted by Crippen LogP contribution is -2.35. The summed E-state index contributed by atoms with van der Waals surface area (Å²) in [7, 11) is 0. The van der Waals surface area contributed by atoms with Crippen LogP contribution in [-0.2, 0) is 4.74 Å². The average Bonchev–Trinajstić information content (AvgIpc) is 2.60. The quantitative estimate of drug-likeness (QED) is 0.187. The Bertz CT molecular complexity index is 790. The topological polar surface area (TPSA) is 86.5 Å². The first kappa shape index (κ1) is 18.9. The van der Waals surface area contributed by atoms with E-state index in [4.69, 9.17) is 27.9 Å². The van der Waals surface area contributed by atoms with Crippen molar-refractivity contribution >= 4 is 35.0 Å². The minimum absolute atomic E-state index is 0.179. The fourth-order valence-corrected chi connectivity index (χ4v) is 2.42. The van der Waals surface area contributed by atoms with E-state index in [0.29, 0.717) is 5.56 Å². The Morgan fingerprint density at radius 2 is 1.60 bits per heavy atom. The fraction of sp³-hybridized carbons (Fsp3) is 0.176. The molecule has 8 heteroatoms. The van der Waals surface area contributed by atoms with Crippen molar-refractivity contribution in [2.75, 3.05) is 0 Å². The van der Waals surface area contributed by atoms with Crippen LogP contribution in [0.25, 0.3) is 0 Å². The minimum atomic E-state index is -2.60. The predicted octanol–water partition coefficient (Wildman–Crippen LogP) is 4.20. The van der Waals surface area contributed by atoms with E-state index in [0.717, 1.165) is 0 Å². The Hall–Kier alpha value is -2.44. The van der Waals surface area contributed by atoms with E-state index in [2.05, 4.69) is 0 Å². The molecule has 0 aromatic heterocycles. The van der Waals surface area contributed by atoms with Gasteiger partial charge < -0.3 is 4.74 Å². The van der Waals surface area contributed by atoms with Crippen LogP contribution < -0.4 is 0 Å². The zero-order valence-electron chi connectivity index (χ0n) is 13.0. The lowest BCUT2D eigenvalue weighted by molar-refractivity contribution is -0.528. The van der Waals surface area contributed by atoms with Gasteiger partial charge in [-0.25, -0.2) is 4.79 Å². The number of ether oxygens (including phenoxy) is 1. The van der Waals surface area contributed by atoms with E-state index in [1.807, 2.05) is 0 Å². The van der Waals surface area contributed by atoms with Crippen molar-refractivity contribution < 1.29 is 19.2 Å². The van der Waals surface area contributed by atoms with Crippen molar-refractivity contribution in [3.05, 3.63) is 81.4 Å². The highest BCUT2D eigenvalue weighted by molar-refractivity contribution is 6.47. The molecule has 6 nitrogen and oxygen atoms in total. The molecule has 1 atom stereocenters. The van der Waals surface area contributed by atoms with Crippen LogP contribution in [0.2, 0.25) is 0 Å². The van der Waals surface area contributed by atoms with Crippen LogP contribution in [-0.4, -0.2) is 21.1 Å². The number of nitrogens with zero attached hydrogens (tertiary/aromatic N) is 1. The molecule has 130 valence electrons. The Kier molecular flexibility index (Phi) is 5.77. The van der Waals surface area contributed by atoms with E-state index in [1.165, 1.54) is 43.3 Å².